The average molecular weight is 365 g/mol. The van der Waals surface area contributed by atoms with E-state index in [1.165, 1.54) is 10.4 Å². The van der Waals surface area contributed by atoms with Gasteiger partial charge in [0.05, 0.1) is 10.5 Å². The van der Waals surface area contributed by atoms with E-state index in [4.69, 9.17) is 0 Å². The minimum Gasteiger partial charge on any atom is -0.348 e. The molecule has 0 unspecified atom stereocenters. The van der Waals surface area contributed by atoms with E-state index in [-0.39, 0.29) is 17.0 Å². The van der Waals surface area contributed by atoms with Gasteiger partial charge in [-0.15, -0.1) is 0 Å². The minimum absolute atomic E-state index is 0.107. The molecule has 0 atom stereocenters. The smallest absolute Gasteiger partial charge is 0.254 e. The molecule has 0 saturated heterocycles. The molecule has 0 aliphatic heterocycles. The number of nitrogens with one attached hydrogen (secondary N) is 1. The zero-order chi connectivity index (χ0) is 18.4. The lowest BCUT2D eigenvalue weighted by atomic mass is 10.2. The molecule has 1 aromatic carbocycles. The van der Waals surface area contributed by atoms with E-state index < -0.39 is 21.7 Å². The van der Waals surface area contributed by atoms with Crippen molar-refractivity contribution in [2.75, 3.05) is 13.1 Å². The van der Waals surface area contributed by atoms with E-state index in [2.05, 4.69) is 10.3 Å². The normalized spacial score (nSPS) is 11.5. The second-order valence-corrected chi connectivity index (χ2v) is 7.21. The Morgan fingerprint density at radius 1 is 1.24 bits per heavy atom. The summed E-state index contributed by atoms with van der Waals surface area (Å²) in [6.45, 7) is 4.18. The highest BCUT2D eigenvalue weighted by atomic mass is 32.2. The van der Waals surface area contributed by atoms with Crippen LogP contribution in [0.3, 0.4) is 0 Å². The van der Waals surface area contributed by atoms with Crippen molar-refractivity contribution < 1.29 is 17.6 Å². The number of hydrogen-bond acceptors (Lipinski definition) is 4. The zero-order valence-corrected chi connectivity index (χ0v) is 14.9. The van der Waals surface area contributed by atoms with Crippen molar-refractivity contribution in [3.63, 3.8) is 0 Å². The fourth-order valence-electron chi connectivity index (χ4n) is 2.33. The van der Waals surface area contributed by atoms with Gasteiger partial charge in [0.2, 0.25) is 10.0 Å². The van der Waals surface area contributed by atoms with E-state index >= 15 is 0 Å². The van der Waals surface area contributed by atoms with E-state index in [1.807, 2.05) is 0 Å². The van der Waals surface area contributed by atoms with Gasteiger partial charge >= 0.3 is 0 Å². The van der Waals surface area contributed by atoms with Crippen LogP contribution in [0.15, 0.2) is 47.6 Å². The number of aromatic nitrogens is 1. The van der Waals surface area contributed by atoms with Gasteiger partial charge < -0.3 is 5.32 Å². The quantitative estimate of drug-likeness (QED) is 0.816. The number of pyridine rings is 1. The van der Waals surface area contributed by atoms with Crippen molar-refractivity contribution >= 4 is 15.9 Å². The summed E-state index contributed by atoms with van der Waals surface area (Å²) < 4.78 is 40.3. The fraction of sp³-hybridized carbons (Fsp3) is 0.294. The third-order valence-electron chi connectivity index (χ3n) is 3.70. The van der Waals surface area contributed by atoms with Crippen molar-refractivity contribution in [2.24, 2.45) is 0 Å². The molecule has 134 valence electrons. The molecule has 2 rings (SSSR count). The monoisotopic (exact) mass is 365 g/mol. The zero-order valence-electron chi connectivity index (χ0n) is 14.1. The molecule has 2 aromatic rings. The summed E-state index contributed by atoms with van der Waals surface area (Å²) in [5.41, 5.74) is 0.445. The molecule has 0 aliphatic rings. The molecular formula is C17H20FN3O3S. The van der Waals surface area contributed by atoms with E-state index in [9.17, 15) is 17.6 Å². The second-order valence-electron chi connectivity index (χ2n) is 5.27. The van der Waals surface area contributed by atoms with Crippen LogP contribution in [-0.2, 0) is 16.6 Å². The molecule has 8 heteroatoms. The molecule has 0 radical (unpaired) electrons. The molecule has 0 fully saturated rings. The van der Waals surface area contributed by atoms with Gasteiger partial charge in [-0.05, 0) is 29.8 Å². The highest BCUT2D eigenvalue weighted by Crippen LogP contribution is 2.19. The molecule has 1 amide bonds. The number of amides is 1. The Morgan fingerprint density at radius 2 is 1.96 bits per heavy atom. The number of hydrogen-bond donors (Lipinski definition) is 1. The third-order valence-corrected chi connectivity index (χ3v) is 5.75. The van der Waals surface area contributed by atoms with Gasteiger partial charge in [0.1, 0.15) is 5.82 Å². The van der Waals surface area contributed by atoms with E-state index in [0.717, 1.165) is 17.7 Å². The van der Waals surface area contributed by atoms with Gasteiger partial charge in [-0.25, -0.2) is 12.8 Å². The van der Waals surface area contributed by atoms with Crippen molar-refractivity contribution in [1.29, 1.82) is 0 Å². The standard InChI is InChI=1S/C17H20FN3O3S/c1-3-21(4-2)25(23,24)14-7-8-16(18)15(10-14)17(22)20-12-13-6-5-9-19-11-13/h5-11H,3-4,12H2,1-2H3,(H,20,22). The molecule has 1 N–H and O–H groups in total. The number of carbonyl (C=O) groups is 1. The molecule has 0 saturated carbocycles. The van der Waals surface area contributed by atoms with Crippen molar-refractivity contribution in [2.45, 2.75) is 25.3 Å². The van der Waals surface area contributed by atoms with Gasteiger partial charge in [-0.1, -0.05) is 19.9 Å². The summed E-state index contributed by atoms with van der Waals surface area (Å²) in [7, 11) is -3.76. The van der Waals surface area contributed by atoms with E-state index in [0.29, 0.717) is 13.1 Å². The van der Waals surface area contributed by atoms with Gasteiger partial charge in [0, 0.05) is 32.0 Å². The lowest BCUT2D eigenvalue weighted by molar-refractivity contribution is 0.0946. The first kappa shape index (κ1) is 19.0. The predicted molar refractivity (Wildman–Crippen MR) is 91.9 cm³/mol. The van der Waals surface area contributed by atoms with Crippen molar-refractivity contribution in [3.8, 4) is 0 Å². The fourth-order valence-corrected chi connectivity index (χ4v) is 3.82. The predicted octanol–water partition coefficient (Wildman–Crippen LogP) is 2.18. The summed E-state index contributed by atoms with van der Waals surface area (Å²) in [6.07, 6.45) is 3.18. The molecule has 25 heavy (non-hydrogen) atoms. The number of benzene rings is 1. The Morgan fingerprint density at radius 3 is 2.56 bits per heavy atom. The second kappa shape index (κ2) is 8.17. The SMILES string of the molecule is CCN(CC)S(=O)(=O)c1ccc(F)c(C(=O)NCc2cccnc2)c1. The number of carbonyl (C=O) groups excluding carboxylic acids is 1. The Hall–Kier alpha value is -2.32. The highest BCUT2D eigenvalue weighted by Gasteiger charge is 2.24. The third kappa shape index (κ3) is 4.40. The Balaban J connectivity index is 2.25. The number of halogens is 1. The van der Waals surface area contributed by atoms with Crippen LogP contribution < -0.4 is 5.32 Å². The first-order chi connectivity index (χ1) is 11.9. The molecule has 0 bridgehead atoms. The first-order valence-electron chi connectivity index (χ1n) is 7.87. The largest absolute Gasteiger partial charge is 0.348 e. The lowest BCUT2D eigenvalue weighted by Crippen LogP contribution is -2.31. The maximum Gasteiger partial charge on any atom is 0.254 e. The molecule has 0 aliphatic carbocycles. The highest BCUT2D eigenvalue weighted by molar-refractivity contribution is 7.89. The summed E-state index contributed by atoms with van der Waals surface area (Å²) in [4.78, 5) is 16.1. The topological polar surface area (TPSA) is 79.4 Å². The Bertz CT molecular complexity index is 837. The van der Waals surface area contributed by atoms with Gasteiger partial charge in [-0.2, -0.15) is 4.31 Å². The Kier molecular flexibility index (Phi) is 6.22. The van der Waals surface area contributed by atoms with Gasteiger partial charge in [-0.3, -0.25) is 9.78 Å². The maximum atomic E-state index is 14.0. The molecule has 6 nitrogen and oxygen atoms in total. The summed E-state index contributed by atoms with van der Waals surface area (Å²) in [5, 5.41) is 2.56. The van der Waals surface area contributed by atoms with Crippen LogP contribution in [0.1, 0.15) is 29.8 Å². The van der Waals surface area contributed by atoms with Gasteiger partial charge in [0.15, 0.2) is 0 Å². The lowest BCUT2D eigenvalue weighted by Gasteiger charge is -2.19. The van der Waals surface area contributed by atoms with Crippen LogP contribution in [0.2, 0.25) is 0 Å². The van der Waals surface area contributed by atoms with Crippen LogP contribution in [0, 0.1) is 5.82 Å². The average Bonchev–Trinajstić information content (AvgIpc) is 2.61. The van der Waals surface area contributed by atoms with Crippen LogP contribution in [-0.4, -0.2) is 36.7 Å². The van der Waals surface area contributed by atoms with Gasteiger partial charge in [0.25, 0.3) is 5.91 Å². The first-order valence-corrected chi connectivity index (χ1v) is 9.31. The summed E-state index contributed by atoms with van der Waals surface area (Å²) >= 11 is 0. The number of rotatable bonds is 7. The van der Waals surface area contributed by atoms with Crippen LogP contribution in [0.5, 0.6) is 0 Å². The maximum absolute atomic E-state index is 14.0. The number of sulfonamides is 1. The van der Waals surface area contributed by atoms with Crippen LogP contribution in [0.25, 0.3) is 0 Å². The Labute approximate surface area is 146 Å². The molecule has 1 aromatic heterocycles. The van der Waals surface area contributed by atoms with Crippen molar-refractivity contribution in [3.05, 3.63) is 59.7 Å². The summed E-state index contributed by atoms with van der Waals surface area (Å²) in [5.74, 6) is -1.46. The van der Waals surface area contributed by atoms with Crippen LogP contribution >= 0.6 is 0 Å². The van der Waals surface area contributed by atoms with E-state index in [1.54, 1.807) is 38.4 Å². The number of nitrogens with zero attached hydrogens (tertiary/aromatic N) is 2. The molecule has 0 spiro atoms. The minimum atomic E-state index is -3.76. The summed E-state index contributed by atoms with van der Waals surface area (Å²) in [6, 6.07) is 6.72. The van der Waals surface area contributed by atoms with Crippen molar-refractivity contribution in [1.82, 2.24) is 14.6 Å². The van der Waals surface area contributed by atoms with Crippen LogP contribution in [0.4, 0.5) is 4.39 Å². The molecular weight excluding hydrogens is 345 g/mol. The molecule has 1 heterocycles.